The van der Waals surface area contributed by atoms with Crippen molar-refractivity contribution in [2.24, 2.45) is 17.8 Å². The molecule has 2 aromatic heterocycles. The van der Waals surface area contributed by atoms with E-state index in [1.54, 1.807) is 18.3 Å². The lowest BCUT2D eigenvalue weighted by atomic mass is 9.53. The van der Waals surface area contributed by atoms with Gasteiger partial charge in [0, 0.05) is 16.8 Å². The van der Waals surface area contributed by atoms with Crippen LogP contribution in [0.5, 0.6) is 0 Å². The smallest absolute Gasteiger partial charge is 0.321 e. The molecule has 0 spiro atoms. The molecule has 30 heavy (non-hydrogen) atoms. The number of amides is 3. The SMILES string of the molecule is CC(Sc1n[nH]c(Cc2cccs2)n1)C(=O)NC(=O)NC12CC3CC(CC(C3)C1)C2. The van der Waals surface area contributed by atoms with Crippen LogP contribution in [-0.2, 0) is 11.2 Å². The topological polar surface area (TPSA) is 99.8 Å². The average Bonchev–Trinajstić information content (AvgIpc) is 3.32. The Morgan fingerprint density at radius 1 is 1.27 bits per heavy atom. The van der Waals surface area contributed by atoms with E-state index in [-0.39, 0.29) is 17.5 Å². The number of nitrogens with one attached hydrogen (secondary N) is 3. The van der Waals surface area contributed by atoms with Crippen LogP contribution in [0.4, 0.5) is 4.79 Å². The van der Waals surface area contributed by atoms with Gasteiger partial charge in [-0.1, -0.05) is 17.8 Å². The molecule has 4 bridgehead atoms. The normalized spacial score (nSPS) is 30.2. The van der Waals surface area contributed by atoms with Gasteiger partial charge in [-0.25, -0.2) is 9.78 Å². The van der Waals surface area contributed by atoms with Crippen molar-refractivity contribution in [1.82, 2.24) is 25.8 Å². The fourth-order valence-corrected chi connectivity index (χ4v) is 7.40. The molecule has 4 aliphatic rings. The molecule has 4 aliphatic carbocycles. The third-order valence-corrected chi connectivity index (χ3v) is 8.58. The van der Waals surface area contributed by atoms with Crippen LogP contribution in [0, 0.1) is 17.8 Å². The molecule has 1 unspecified atom stereocenters. The zero-order valence-electron chi connectivity index (χ0n) is 17.0. The van der Waals surface area contributed by atoms with Gasteiger partial charge < -0.3 is 5.32 Å². The number of urea groups is 1. The number of aromatic nitrogens is 3. The molecule has 0 aromatic carbocycles. The van der Waals surface area contributed by atoms with E-state index in [0.29, 0.717) is 11.6 Å². The van der Waals surface area contributed by atoms with Gasteiger partial charge in [-0.3, -0.25) is 15.2 Å². The highest BCUT2D eigenvalue weighted by Gasteiger charge is 2.51. The Morgan fingerprint density at radius 2 is 1.97 bits per heavy atom. The minimum absolute atomic E-state index is 0.101. The first-order chi connectivity index (χ1) is 14.5. The van der Waals surface area contributed by atoms with Crippen LogP contribution in [0.25, 0.3) is 0 Å². The summed E-state index contributed by atoms with van der Waals surface area (Å²) in [6.07, 6.45) is 7.85. The van der Waals surface area contributed by atoms with E-state index >= 15 is 0 Å². The summed E-state index contributed by atoms with van der Waals surface area (Å²) in [5.74, 6) is 2.70. The summed E-state index contributed by atoms with van der Waals surface area (Å²) in [7, 11) is 0. The molecule has 4 fully saturated rings. The van der Waals surface area contributed by atoms with Crippen molar-refractivity contribution >= 4 is 35.0 Å². The van der Waals surface area contributed by atoms with Crippen LogP contribution in [0.3, 0.4) is 0 Å². The number of carbonyl (C=O) groups excluding carboxylic acids is 2. The maximum Gasteiger partial charge on any atom is 0.321 e. The number of carbonyl (C=O) groups is 2. The third-order valence-electron chi connectivity index (χ3n) is 6.74. The van der Waals surface area contributed by atoms with Gasteiger partial charge in [0.05, 0.1) is 5.25 Å². The van der Waals surface area contributed by atoms with Crippen molar-refractivity contribution in [2.75, 3.05) is 0 Å². The van der Waals surface area contributed by atoms with Gasteiger partial charge in [-0.05, 0) is 74.6 Å². The van der Waals surface area contributed by atoms with E-state index in [1.165, 1.54) is 35.9 Å². The van der Waals surface area contributed by atoms with Gasteiger partial charge >= 0.3 is 6.03 Å². The predicted molar refractivity (Wildman–Crippen MR) is 116 cm³/mol. The molecule has 160 valence electrons. The van der Waals surface area contributed by atoms with E-state index in [9.17, 15) is 9.59 Å². The molecule has 0 saturated heterocycles. The van der Waals surface area contributed by atoms with Crippen molar-refractivity contribution in [1.29, 1.82) is 0 Å². The zero-order valence-corrected chi connectivity index (χ0v) is 18.7. The van der Waals surface area contributed by atoms with Crippen LogP contribution in [-0.4, -0.2) is 37.9 Å². The predicted octanol–water partition coefficient (Wildman–Crippen LogP) is 3.73. The largest absolute Gasteiger partial charge is 0.332 e. The van der Waals surface area contributed by atoms with Crippen molar-refractivity contribution in [3.8, 4) is 0 Å². The number of hydrogen-bond acceptors (Lipinski definition) is 6. The van der Waals surface area contributed by atoms with Crippen molar-refractivity contribution < 1.29 is 9.59 Å². The molecule has 0 radical (unpaired) electrons. The highest BCUT2D eigenvalue weighted by atomic mass is 32.2. The lowest BCUT2D eigenvalue weighted by molar-refractivity contribution is -0.119. The Labute approximate surface area is 184 Å². The van der Waals surface area contributed by atoms with E-state index in [2.05, 4.69) is 31.9 Å². The Balaban J connectivity index is 1.13. The lowest BCUT2D eigenvalue weighted by Crippen LogP contribution is -2.62. The molecule has 7 nitrogen and oxygen atoms in total. The number of hydrogen-bond donors (Lipinski definition) is 3. The molecule has 2 heterocycles. The second-order valence-electron chi connectivity index (χ2n) is 9.22. The van der Waals surface area contributed by atoms with Gasteiger partial charge in [0.1, 0.15) is 5.82 Å². The van der Waals surface area contributed by atoms with Crippen LogP contribution in [0.15, 0.2) is 22.7 Å². The summed E-state index contributed by atoms with van der Waals surface area (Å²) in [5.41, 5.74) is -0.101. The number of aromatic amines is 1. The molecule has 3 N–H and O–H groups in total. The molecule has 1 atom stereocenters. The first-order valence-electron chi connectivity index (χ1n) is 10.7. The molecule has 3 amide bonds. The molecule has 2 aromatic rings. The van der Waals surface area contributed by atoms with Crippen LogP contribution < -0.4 is 10.6 Å². The van der Waals surface area contributed by atoms with Gasteiger partial charge in [-0.15, -0.1) is 16.4 Å². The number of imide groups is 1. The second kappa shape index (κ2) is 8.00. The van der Waals surface area contributed by atoms with Gasteiger partial charge in [0.2, 0.25) is 11.1 Å². The second-order valence-corrected chi connectivity index (χ2v) is 11.6. The van der Waals surface area contributed by atoms with E-state index in [0.717, 1.165) is 42.8 Å². The minimum Gasteiger partial charge on any atom is -0.332 e. The Morgan fingerprint density at radius 3 is 2.60 bits per heavy atom. The lowest BCUT2D eigenvalue weighted by Gasteiger charge is -2.56. The Kier molecular flexibility index (Phi) is 5.35. The quantitative estimate of drug-likeness (QED) is 0.588. The van der Waals surface area contributed by atoms with Crippen LogP contribution in [0.2, 0.25) is 0 Å². The monoisotopic (exact) mass is 445 g/mol. The fraction of sp³-hybridized carbons (Fsp3) is 0.619. The molecule has 4 saturated carbocycles. The average molecular weight is 446 g/mol. The number of nitrogens with zero attached hydrogens (tertiary/aromatic N) is 2. The summed E-state index contributed by atoms with van der Waals surface area (Å²) in [5, 5.41) is 14.9. The highest BCUT2D eigenvalue weighted by molar-refractivity contribution is 8.00. The first kappa shape index (κ1) is 20.1. The summed E-state index contributed by atoms with van der Waals surface area (Å²) < 4.78 is 0. The van der Waals surface area contributed by atoms with Crippen LogP contribution >= 0.6 is 23.1 Å². The van der Waals surface area contributed by atoms with Crippen molar-refractivity contribution in [3.63, 3.8) is 0 Å². The minimum atomic E-state index is -0.461. The summed E-state index contributed by atoms with van der Waals surface area (Å²) >= 11 is 2.93. The van der Waals surface area contributed by atoms with Gasteiger partial charge in [0.25, 0.3) is 0 Å². The molecular formula is C21H27N5O2S2. The van der Waals surface area contributed by atoms with Gasteiger partial charge in [-0.2, -0.15) is 0 Å². The van der Waals surface area contributed by atoms with E-state index in [1.807, 2.05) is 11.4 Å². The maximum absolute atomic E-state index is 12.6. The van der Waals surface area contributed by atoms with Crippen LogP contribution in [0.1, 0.15) is 56.2 Å². The van der Waals surface area contributed by atoms with E-state index in [4.69, 9.17) is 0 Å². The first-order valence-corrected chi connectivity index (χ1v) is 12.5. The van der Waals surface area contributed by atoms with Crippen molar-refractivity contribution in [2.45, 2.75) is 67.8 Å². The van der Waals surface area contributed by atoms with E-state index < -0.39 is 5.25 Å². The molecule has 6 rings (SSSR count). The standard InChI is InChI=1S/C21H27N5O2S2/c1-12(30-20-22-17(25-26-20)8-16-3-2-4-29-16)18(27)23-19(28)24-21-9-13-5-14(10-21)7-15(6-13)11-21/h2-4,12-15H,5-11H2,1H3,(H,22,25,26)(H2,23,24,27,28). The van der Waals surface area contributed by atoms with Crippen molar-refractivity contribution in [3.05, 3.63) is 28.2 Å². The Hall–Kier alpha value is -1.87. The number of thioether (sulfide) groups is 1. The third kappa shape index (κ3) is 4.27. The highest BCUT2D eigenvalue weighted by Crippen LogP contribution is 2.55. The zero-order chi connectivity index (χ0) is 20.7. The summed E-state index contributed by atoms with van der Waals surface area (Å²) in [6.45, 7) is 1.77. The molecular weight excluding hydrogens is 418 g/mol. The summed E-state index contributed by atoms with van der Waals surface area (Å²) in [6, 6.07) is 3.70. The molecule has 9 heteroatoms. The molecule has 0 aliphatic heterocycles. The maximum atomic E-state index is 12.6. The Bertz CT molecular complexity index is 890. The van der Waals surface area contributed by atoms with Gasteiger partial charge in [0.15, 0.2) is 0 Å². The number of H-pyrrole nitrogens is 1. The fourth-order valence-electron chi connectivity index (χ4n) is 5.95. The number of rotatable bonds is 6. The summed E-state index contributed by atoms with van der Waals surface area (Å²) in [4.78, 5) is 30.8. The number of thiophene rings is 1.